The summed E-state index contributed by atoms with van der Waals surface area (Å²) in [6.07, 6.45) is 0. The van der Waals surface area contributed by atoms with Gasteiger partial charge in [0.2, 0.25) is 5.91 Å². The van der Waals surface area contributed by atoms with Crippen LogP contribution in [0.5, 0.6) is 0 Å². The first-order chi connectivity index (χ1) is 7.00. The van der Waals surface area contributed by atoms with Gasteiger partial charge < -0.3 is 5.32 Å². The average molecular weight is 226 g/mol. The number of nitrogens with one attached hydrogen (secondary N) is 1. The van der Waals surface area contributed by atoms with Gasteiger partial charge in [0.05, 0.1) is 6.04 Å². The third kappa shape index (κ3) is 3.56. The number of rotatable bonds is 3. The molecule has 1 atom stereocenters. The SMILES string of the molecule is CC(C)C(=O)N[C@H](C)c1ccc(Cl)cc1. The van der Waals surface area contributed by atoms with E-state index in [0.717, 1.165) is 5.56 Å². The second-order valence-electron chi connectivity index (χ2n) is 3.94. The van der Waals surface area contributed by atoms with Crippen LogP contribution >= 0.6 is 11.6 Å². The number of hydrogen-bond donors (Lipinski definition) is 1. The predicted molar refractivity (Wildman–Crippen MR) is 62.8 cm³/mol. The maximum absolute atomic E-state index is 11.5. The van der Waals surface area contributed by atoms with E-state index in [-0.39, 0.29) is 17.9 Å². The Balaban J connectivity index is 2.65. The second-order valence-corrected chi connectivity index (χ2v) is 4.37. The van der Waals surface area contributed by atoms with Crippen LogP contribution in [0, 0.1) is 5.92 Å². The summed E-state index contributed by atoms with van der Waals surface area (Å²) in [5.41, 5.74) is 1.06. The molecule has 0 heterocycles. The van der Waals surface area contributed by atoms with Crippen molar-refractivity contribution in [3.8, 4) is 0 Å². The van der Waals surface area contributed by atoms with E-state index in [0.29, 0.717) is 5.02 Å². The normalized spacial score (nSPS) is 12.6. The van der Waals surface area contributed by atoms with Crippen molar-refractivity contribution in [1.29, 1.82) is 0 Å². The fraction of sp³-hybridized carbons (Fsp3) is 0.417. The van der Waals surface area contributed by atoms with E-state index in [2.05, 4.69) is 5.32 Å². The van der Waals surface area contributed by atoms with E-state index >= 15 is 0 Å². The van der Waals surface area contributed by atoms with Crippen molar-refractivity contribution in [3.05, 3.63) is 34.9 Å². The molecule has 3 heteroatoms. The van der Waals surface area contributed by atoms with Crippen molar-refractivity contribution in [2.45, 2.75) is 26.8 Å². The standard InChI is InChI=1S/C12H16ClNO/c1-8(2)12(15)14-9(3)10-4-6-11(13)7-5-10/h4-9H,1-3H3,(H,14,15)/t9-/m1/s1. The Morgan fingerprint density at radius 2 is 1.73 bits per heavy atom. The fourth-order valence-corrected chi connectivity index (χ4v) is 1.34. The summed E-state index contributed by atoms with van der Waals surface area (Å²) in [5.74, 6) is 0.0807. The van der Waals surface area contributed by atoms with Gasteiger partial charge in [-0.1, -0.05) is 37.6 Å². The molecule has 82 valence electrons. The molecule has 0 bridgehead atoms. The largest absolute Gasteiger partial charge is 0.349 e. The highest BCUT2D eigenvalue weighted by atomic mass is 35.5. The number of hydrogen-bond acceptors (Lipinski definition) is 1. The fourth-order valence-electron chi connectivity index (χ4n) is 1.21. The maximum Gasteiger partial charge on any atom is 0.223 e. The highest BCUT2D eigenvalue weighted by Gasteiger charge is 2.11. The van der Waals surface area contributed by atoms with Crippen LogP contribution < -0.4 is 5.32 Å². The summed E-state index contributed by atoms with van der Waals surface area (Å²) in [6.45, 7) is 5.72. The third-order valence-electron chi connectivity index (χ3n) is 2.25. The second kappa shape index (κ2) is 5.17. The van der Waals surface area contributed by atoms with Gasteiger partial charge in [-0.25, -0.2) is 0 Å². The average Bonchev–Trinajstić information content (AvgIpc) is 2.18. The topological polar surface area (TPSA) is 29.1 Å². The molecule has 0 radical (unpaired) electrons. The van der Waals surface area contributed by atoms with Crippen LogP contribution in [0.1, 0.15) is 32.4 Å². The van der Waals surface area contributed by atoms with Crippen LogP contribution in [-0.2, 0) is 4.79 Å². The minimum Gasteiger partial charge on any atom is -0.349 e. The summed E-state index contributed by atoms with van der Waals surface area (Å²) in [6, 6.07) is 7.53. The molecular weight excluding hydrogens is 210 g/mol. The van der Waals surface area contributed by atoms with Crippen LogP contribution in [-0.4, -0.2) is 5.91 Å². The molecule has 2 nitrogen and oxygen atoms in total. The Labute approximate surface area is 95.6 Å². The Bertz CT molecular complexity index is 332. The molecular formula is C12H16ClNO. The predicted octanol–water partition coefficient (Wildman–Crippen LogP) is 3.17. The van der Waals surface area contributed by atoms with Gasteiger partial charge in [-0.05, 0) is 24.6 Å². The minimum absolute atomic E-state index is 0.0137. The van der Waals surface area contributed by atoms with Crippen LogP contribution in [0.4, 0.5) is 0 Å². The van der Waals surface area contributed by atoms with Crippen LogP contribution in [0.3, 0.4) is 0 Å². The van der Waals surface area contributed by atoms with Gasteiger partial charge in [-0.3, -0.25) is 4.79 Å². The molecule has 0 saturated heterocycles. The summed E-state index contributed by atoms with van der Waals surface area (Å²) >= 11 is 5.79. The Morgan fingerprint density at radius 3 is 2.20 bits per heavy atom. The van der Waals surface area contributed by atoms with Crippen molar-refractivity contribution in [3.63, 3.8) is 0 Å². The van der Waals surface area contributed by atoms with Gasteiger partial charge in [-0.15, -0.1) is 0 Å². The summed E-state index contributed by atoms with van der Waals surface area (Å²) in [5, 5.41) is 3.64. The van der Waals surface area contributed by atoms with Crippen LogP contribution in [0.2, 0.25) is 5.02 Å². The van der Waals surface area contributed by atoms with Crippen molar-refractivity contribution in [1.82, 2.24) is 5.32 Å². The molecule has 0 unspecified atom stereocenters. The summed E-state index contributed by atoms with van der Waals surface area (Å²) in [7, 11) is 0. The molecule has 0 saturated carbocycles. The molecule has 1 aromatic carbocycles. The molecule has 0 aliphatic rings. The number of benzene rings is 1. The first-order valence-corrected chi connectivity index (χ1v) is 5.44. The molecule has 0 spiro atoms. The van der Waals surface area contributed by atoms with Gasteiger partial charge in [-0.2, -0.15) is 0 Å². The summed E-state index contributed by atoms with van der Waals surface area (Å²) in [4.78, 5) is 11.5. The Hall–Kier alpha value is -1.02. The zero-order chi connectivity index (χ0) is 11.4. The van der Waals surface area contributed by atoms with E-state index in [1.54, 1.807) is 0 Å². The summed E-state index contributed by atoms with van der Waals surface area (Å²) < 4.78 is 0. The van der Waals surface area contributed by atoms with E-state index in [4.69, 9.17) is 11.6 Å². The Kier molecular flexibility index (Phi) is 4.15. The highest BCUT2D eigenvalue weighted by Crippen LogP contribution is 2.16. The first kappa shape index (κ1) is 12.1. The van der Waals surface area contributed by atoms with Crippen molar-refractivity contribution < 1.29 is 4.79 Å². The van der Waals surface area contributed by atoms with Gasteiger partial charge in [0, 0.05) is 10.9 Å². The lowest BCUT2D eigenvalue weighted by molar-refractivity contribution is -0.124. The third-order valence-corrected chi connectivity index (χ3v) is 2.51. The minimum atomic E-state index is 0.0137. The molecule has 1 aromatic rings. The molecule has 0 aromatic heterocycles. The Morgan fingerprint density at radius 1 is 1.20 bits per heavy atom. The van der Waals surface area contributed by atoms with Crippen molar-refractivity contribution in [2.24, 2.45) is 5.92 Å². The van der Waals surface area contributed by atoms with Crippen LogP contribution in [0.25, 0.3) is 0 Å². The molecule has 0 aliphatic heterocycles. The maximum atomic E-state index is 11.5. The molecule has 1 rings (SSSR count). The molecule has 1 N–H and O–H groups in total. The zero-order valence-corrected chi connectivity index (χ0v) is 10.0. The lowest BCUT2D eigenvalue weighted by atomic mass is 10.1. The molecule has 0 fully saturated rings. The highest BCUT2D eigenvalue weighted by molar-refractivity contribution is 6.30. The number of amides is 1. The van der Waals surface area contributed by atoms with Crippen molar-refractivity contribution in [2.75, 3.05) is 0 Å². The molecule has 0 aliphatic carbocycles. The smallest absolute Gasteiger partial charge is 0.223 e. The van der Waals surface area contributed by atoms with Gasteiger partial charge >= 0.3 is 0 Å². The number of carbonyl (C=O) groups excluding carboxylic acids is 1. The van der Waals surface area contributed by atoms with Gasteiger partial charge in [0.25, 0.3) is 0 Å². The van der Waals surface area contributed by atoms with E-state index in [1.807, 2.05) is 45.0 Å². The quantitative estimate of drug-likeness (QED) is 0.841. The van der Waals surface area contributed by atoms with E-state index in [9.17, 15) is 4.79 Å². The first-order valence-electron chi connectivity index (χ1n) is 5.06. The number of carbonyl (C=O) groups is 1. The zero-order valence-electron chi connectivity index (χ0n) is 9.25. The number of halogens is 1. The van der Waals surface area contributed by atoms with Gasteiger partial charge in [0.15, 0.2) is 0 Å². The van der Waals surface area contributed by atoms with E-state index < -0.39 is 0 Å². The molecule has 1 amide bonds. The lowest BCUT2D eigenvalue weighted by Gasteiger charge is -2.15. The molecule has 15 heavy (non-hydrogen) atoms. The van der Waals surface area contributed by atoms with Gasteiger partial charge in [0.1, 0.15) is 0 Å². The van der Waals surface area contributed by atoms with E-state index in [1.165, 1.54) is 0 Å². The lowest BCUT2D eigenvalue weighted by Crippen LogP contribution is -2.30. The monoisotopic (exact) mass is 225 g/mol. The van der Waals surface area contributed by atoms with Crippen molar-refractivity contribution >= 4 is 17.5 Å². The van der Waals surface area contributed by atoms with Crippen LogP contribution in [0.15, 0.2) is 24.3 Å².